The maximum Gasteiger partial charge on any atom is 0.308 e. The Kier molecular flexibility index (Phi) is 6.52. The van der Waals surface area contributed by atoms with E-state index in [2.05, 4.69) is 9.71 Å². The number of hydrogen-bond acceptors (Lipinski definition) is 7. The van der Waals surface area contributed by atoms with Gasteiger partial charge in [-0.3, -0.25) is 14.9 Å². The zero-order valence-electron chi connectivity index (χ0n) is 15.9. The number of carbonyl (C=O) groups excluding carboxylic acids is 1. The Morgan fingerprint density at radius 3 is 2.54 bits per heavy atom. The van der Waals surface area contributed by atoms with Crippen LogP contribution in [0, 0.1) is 17.0 Å². The lowest BCUT2D eigenvalue weighted by molar-refractivity contribution is -0.385. The van der Waals surface area contributed by atoms with Crippen molar-refractivity contribution in [1.29, 1.82) is 0 Å². The fourth-order valence-electron chi connectivity index (χ4n) is 2.54. The summed E-state index contributed by atoms with van der Waals surface area (Å²) in [5.74, 6) is -0.208. The topological polar surface area (TPSA) is 133 Å². The average Bonchev–Trinajstić information content (AvgIpc) is 2.93. The molecule has 1 N–H and O–H groups in total. The maximum atomic E-state index is 12.8. The Morgan fingerprint density at radius 1 is 1.36 bits per heavy atom. The molecule has 0 bridgehead atoms. The number of imidazole rings is 1. The molecule has 0 aliphatic heterocycles. The van der Waals surface area contributed by atoms with Crippen LogP contribution in [-0.2, 0) is 26.6 Å². The third-order valence-corrected chi connectivity index (χ3v) is 5.25. The van der Waals surface area contributed by atoms with Gasteiger partial charge in [-0.2, -0.15) is 0 Å². The van der Waals surface area contributed by atoms with Crippen molar-refractivity contribution in [2.45, 2.75) is 44.4 Å². The monoisotopic (exact) mass is 410 g/mol. The summed E-state index contributed by atoms with van der Waals surface area (Å²) in [6.07, 6.45) is 0.503. The summed E-state index contributed by atoms with van der Waals surface area (Å²) in [6.45, 7) is 4.94. The number of ether oxygens (including phenoxy) is 1. The Balaban J connectivity index is 2.44. The van der Waals surface area contributed by atoms with Crippen molar-refractivity contribution in [3.63, 3.8) is 0 Å². The fourth-order valence-corrected chi connectivity index (χ4v) is 3.80. The molecule has 0 fully saturated rings. The zero-order chi connectivity index (χ0) is 21.1. The summed E-state index contributed by atoms with van der Waals surface area (Å²) >= 11 is 0. The van der Waals surface area contributed by atoms with Crippen molar-refractivity contribution in [3.8, 4) is 0 Å². The average molecular weight is 410 g/mol. The predicted molar refractivity (Wildman–Crippen MR) is 99.9 cm³/mol. The number of aromatic nitrogens is 2. The quantitative estimate of drug-likeness (QED) is 0.400. The first kappa shape index (κ1) is 21.5. The SMILES string of the molecule is Cc1nc(S(=O)(=O)NC(CC(=O)OC(C)C)c2ccccc2[N+](=O)[O-])cn1C. The second-order valence-corrected chi connectivity index (χ2v) is 8.13. The van der Waals surface area contributed by atoms with Gasteiger partial charge in [-0.1, -0.05) is 18.2 Å². The number of hydrogen-bond donors (Lipinski definition) is 1. The summed E-state index contributed by atoms with van der Waals surface area (Å²) in [5, 5.41) is 11.1. The van der Waals surface area contributed by atoms with E-state index in [4.69, 9.17) is 4.74 Å². The van der Waals surface area contributed by atoms with E-state index < -0.39 is 39.5 Å². The molecule has 28 heavy (non-hydrogen) atoms. The summed E-state index contributed by atoms with van der Waals surface area (Å²) < 4.78 is 34.5. The molecule has 11 heteroatoms. The van der Waals surface area contributed by atoms with Crippen LogP contribution >= 0.6 is 0 Å². The molecule has 0 saturated heterocycles. The third-order valence-electron chi connectivity index (χ3n) is 3.91. The minimum Gasteiger partial charge on any atom is -0.463 e. The van der Waals surface area contributed by atoms with Gasteiger partial charge in [0, 0.05) is 24.9 Å². The molecule has 0 saturated carbocycles. The third kappa shape index (κ3) is 5.14. The highest BCUT2D eigenvalue weighted by atomic mass is 32.2. The van der Waals surface area contributed by atoms with Gasteiger partial charge in [0.2, 0.25) is 0 Å². The molecule has 0 spiro atoms. The normalized spacial score (nSPS) is 12.8. The lowest BCUT2D eigenvalue weighted by atomic mass is 10.0. The second-order valence-electron chi connectivity index (χ2n) is 6.47. The molecule has 1 aromatic heterocycles. The van der Waals surface area contributed by atoms with Crippen molar-refractivity contribution in [1.82, 2.24) is 14.3 Å². The molecule has 1 atom stereocenters. The maximum absolute atomic E-state index is 12.8. The molecule has 1 heterocycles. The largest absolute Gasteiger partial charge is 0.463 e. The second kappa shape index (κ2) is 8.48. The van der Waals surface area contributed by atoms with Gasteiger partial charge in [0.1, 0.15) is 5.82 Å². The van der Waals surface area contributed by atoms with Gasteiger partial charge in [-0.25, -0.2) is 18.1 Å². The number of esters is 1. The van der Waals surface area contributed by atoms with E-state index in [1.165, 1.54) is 35.0 Å². The predicted octanol–water partition coefficient (Wildman–Crippen LogP) is 2.00. The van der Waals surface area contributed by atoms with Crippen molar-refractivity contribution in [2.24, 2.45) is 7.05 Å². The minimum atomic E-state index is -4.14. The summed E-state index contributed by atoms with van der Waals surface area (Å²) in [7, 11) is -2.50. The molecule has 0 amide bonds. The molecular weight excluding hydrogens is 388 g/mol. The van der Waals surface area contributed by atoms with E-state index in [1.807, 2.05) is 0 Å². The van der Waals surface area contributed by atoms with E-state index in [-0.39, 0.29) is 16.3 Å². The van der Waals surface area contributed by atoms with E-state index in [9.17, 15) is 23.3 Å². The number of rotatable bonds is 8. The molecule has 0 aliphatic carbocycles. The molecule has 10 nitrogen and oxygen atoms in total. The number of nitro benzene ring substituents is 1. The van der Waals surface area contributed by atoms with Gasteiger partial charge in [0.25, 0.3) is 15.7 Å². The van der Waals surface area contributed by atoms with Gasteiger partial charge in [-0.15, -0.1) is 0 Å². The standard InChI is InChI=1S/C17H22N4O6S/c1-11(2)27-17(22)9-14(13-7-5-6-8-15(13)21(23)24)19-28(25,26)16-10-20(4)12(3)18-16/h5-8,10-11,14,19H,9H2,1-4H3. The van der Waals surface area contributed by atoms with Crippen molar-refractivity contribution < 1.29 is 22.9 Å². The number of nitrogens with zero attached hydrogens (tertiary/aromatic N) is 3. The number of para-hydroxylation sites is 1. The number of nitro groups is 1. The first-order valence-electron chi connectivity index (χ1n) is 8.46. The molecule has 1 aromatic carbocycles. The van der Waals surface area contributed by atoms with Crippen LogP contribution in [0.25, 0.3) is 0 Å². The summed E-state index contributed by atoms with van der Waals surface area (Å²) in [4.78, 5) is 26.9. The van der Waals surface area contributed by atoms with Crippen LogP contribution in [0.1, 0.15) is 37.7 Å². The van der Waals surface area contributed by atoms with Crippen LogP contribution in [0.2, 0.25) is 0 Å². The lowest BCUT2D eigenvalue weighted by Gasteiger charge is -2.18. The first-order chi connectivity index (χ1) is 13.0. The van der Waals surface area contributed by atoms with Crippen molar-refractivity contribution >= 4 is 21.7 Å². The van der Waals surface area contributed by atoms with Crippen molar-refractivity contribution in [2.75, 3.05) is 0 Å². The minimum absolute atomic E-state index is 0.0597. The van der Waals surface area contributed by atoms with Crippen LogP contribution < -0.4 is 4.72 Å². The van der Waals surface area contributed by atoms with Gasteiger partial charge < -0.3 is 9.30 Å². The number of nitrogens with one attached hydrogen (secondary N) is 1. The van der Waals surface area contributed by atoms with Crippen LogP contribution in [0.15, 0.2) is 35.5 Å². The molecule has 152 valence electrons. The van der Waals surface area contributed by atoms with E-state index in [0.29, 0.717) is 5.82 Å². The van der Waals surface area contributed by atoms with E-state index in [0.717, 1.165) is 0 Å². The summed E-state index contributed by atoms with van der Waals surface area (Å²) in [6, 6.07) is 4.44. The summed E-state index contributed by atoms with van der Waals surface area (Å²) in [5.41, 5.74) is -0.241. The van der Waals surface area contributed by atoms with Crippen LogP contribution in [0.4, 0.5) is 5.69 Å². The van der Waals surface area contributed by atoms with Crippen LogP contribution in [0.3, 0.4) is 0 Å². The van der Waals surface area contributed by atoms with Gasteiger partial charge >= 0.3 is 5.97 Å². The lowest BCUT2D eigenvalue weighted by Crippen LogP contribution is -2.32. The molecule has 2 aromatic rings. The number of aryl methyl sites for hydroxylation is 2. The highest BCUT2D eigenvalue weighted by Gasteiger charge is 2.30. The zero-order valence-corrected chi connectivity index (χ0v) is 16.8. The Bertz CT molecular complexity index is 964. The Labute approximate surface area is 162 Å². The van der Waals surface area contributed by atoms with E-state index >= 15 is 0 Å². The molecule has 0 aliphatic rings. The van der Waals surface area contributed by atoms with Gasteiger partial charge in [0.15, 0.2) is 5.03 Å². The molecule has 2 rings (SSSR count). The molecule has 0 radical (unpaired) electrons. The fraction of sp³-hybridized carbons (Fsp3) is 0.412. The first-order valence-corrected chi connectivity index (χ1v) is 9.94. The van der Waals surface area contributed by atoms with Gasteiger partial charge in [-0.05, 0) is 20.8 Å². The smallest absolute Gasteiger partial charge is 0.308 e. The molecular formula is C17H22N4O6S. The van der Waals surface area contributed by atoms with Crippen LogP contribution in [-0.4, -0.2) is 35.0 Å². The number of carbonyl (C=O) groups is 1. The number of benzene rings is 1. The molecule has 1 unspecified atom stereocenters. The van der Waals surface area contributed by atoms with Crippen molar-refractivity contribution in [3.05, 3.63) is 52.0 Å². The number of sulfonamides is 1. The van der Waals surface area contributed by atoms with Gasteiger partial charge in [0.05, 0.1) is 23.5 Å². The highest BCUT2D eigenvalue weighted by Crippen LogP contribution is 2.29. The Hall–Kier alpha value is -2.79. The van der Waals surface area contributed by atoms with E-state index in [1.54, 1.807) is 27.8 Å². The van der Waals surface area contributed by atoms with Crippen LogP contribution in [0.5, 0.6) is 0 Å². The Morgan fingerprint density at radius 2 is 2.00 bits per heavy atom. The highest BCUT2D eigenvalue weighted by molar-refractivity contribution is 7.89.